The van der Waals surface area contributed by atoms with Crippen LogP contribution in [0, 0.1) is 11.8 Å². The second-order valence-corrected chi connectivity index (χ2v) is 5.41. The molecule has 0 bridgehead atoms. The van der Waals surface area contributed by atoms with Crippen LogP contribution in [0.15, 0.2) is 24.3 Å². The number of carbonyl (C=O) groups excluding carboxylic acids is 1. The number of nitrogens with zero attached hydrogens (tertiary/aromatic N) is 1. The molecule has 4 heteroatoms. The number of hydrogen-bond acceptors (Lipinski definition) is 3. The van der Waals surface area contributed by atoms with Gasteiger partial charge < -0.3 is 15.3 Å². The third kappa shape index (κ3) is 4.89. The SMILES string of the molecule is CN1CCC(NC(=O)c2cccc(C#CCCO)c2)CC1. The van der Waals surface area contributed by atoms with E-state index in [0.29, 0.717) is 12.0 Å². The van der Waals surface area contributed by atoms with Gasteiger partial charge in [0.2, 0.25) is 0 Å². The topological polar surface area (TPSA) is 52.6 Å². The number of carbonyl (C=O) groups is 1. The van der Waals surface area contributed by atoms with Gasteiger partial charge in [0.1, 0.15) is 0 Å². The highest BCUT2D eigenvalue weighted by Gasteiger charge is 2.18. The first-order chi connectivity index (χ1) is 10.2. The lowest BCUT2D eigenvalue weighted by Gasteiger charge is -2.29. The summed E-state index contributed by atoms with van der Waals surface area (Å²) in [5, 5.41) is 11.8. The molecular formula is C17H22N2O2. The minimum atomic E-state index is -0.0321. The fourth-order valence-electron chi connectivity index (χ4n) is 2.38. The molecule has 0 saturated carbocycles. The van der Waals surface area contributed by atoms with Gasteiger partial charge in [-0.3, -0.25) is 4.79 Å². The average Bonchev–Trinajstić information content (AvgIpc) is 2.50. The third-order valence-corrected chi connectivity index (χ3v) is 3.65. The number of benzene rings is 1. The monoisotopic (exact) mass is 286 g/mol. The van der Waals surface area contributed by atoms with Crippen molar-refractivity contribution in [3.05, 3.63) is 35.4 Å². The largest absolute Gasteiger partial charge is 0.395 e. The van der Waals surface area contributed by atoms with Gasteiger partial charge in [-0.2, -0.15) is 0 Å². The maximum absolute atomic E-state index is 12.3. The molecule has 0 atom stereocenters. The van der Waals surface area contributed by atoms with Gasteiger partial charge in [-0.05, 0) is 51.2 Å². The van der Waals surface area contributed by atoms with Crippen LogP contribution in [0.3, 0.4) is 0 Å². The molecule has 1 heterocycles. The zero-order chi connectivity index (χ0) is 15.1. The summed E-state index contributed by atoms with van der Waals surface area (Å²) in [5.41, 5.74) is 1.45. The fraction of sp³-hybridized carbons (Fsp3) is 0.471. The number of hydrogen-bond donors (Lipinski definition) is 2. The first-order valence-corrected chi connectivity index (χ1v) is 7.38. The zero-order valence-corrected chi connectivity index (χ0v) is 12.4. The second-order valence-electron chi connectivity index (χ2n) is 5.41. The molecule has 1 aromatic carbocycles. The molecule has 1 fully saturated rings. The van der Waals surface area contributed by atoms with Gasteiger partial charge in [0.05, 0.1) is 6.61 Å². The Balaban J connectivity index is 1.96. The van der Waals surface area contributed by atoms with Crippen LogP contribution in [0.4, 0.5) is 0 Å². The number of amides is 1. The Hall–Kier alpha value is -1.83. The Bertz CT molecular complexity index is 537. The van der Waals surface area contributed by atoms with Gasteiger partial charge in [0.25, 0.3) is 5.91 Å². The lowest BCUT2D eigenvalue weighted by molar-refractivity contribution is 0.0917. The molecule has 2 rings (SSSR count). The van der Waals surface area contributed by atoms with Gasteiger partial charge in [-0.15, -0.1) is 0 Å². The Kier molecular flexibility index (Phi) is 5.79. The summed E-state index contributed by atoms with van der Waals surface area (Å²) in [7, 11) is 2.10. The molecule has 112 valence electrons. The Morgan fingerprint density at radius 2 is 2.19 bits per heavy atom. The highest BCUT2D eigenvalue weighted by Crippen LogP contribution is 2.10. The number of likely N-dealkylation sites (tertiary alicyclic amines) is 1. The van der Waals surface area contributed by atoms with Crippen LogP contribution in [0.1, 0.15) is 35.2 Å². The summed E-state index contributed by atoms with van der Waals surface area (Å²) >= 11 is 0. The molecule has 4 nitrogen and oxygen atoms in total. The van der Waals surface area contributed by atoms with Crippen molar-refractivity contribution >= 4 is 5.91 Å². The smallest absolute Gasteiger partial charge is 0.251 e. The molecule has 0 aliphatic carbocycles. The summed E-state index contributed by atoms with van der Waals surface area (Å²) in [5.74, 6) is 5.79. The summed E-state index contributed by atoms with van der Waals surface area (Å²) in [6.07, 6.45) is 2.45. The predicted molar refractivity (Wildman–Crippen MR) is 83.0 cm³/mol. The normalized spacial score (nSPS) is 16.1. The van der Waals surface area contributed by atoms with Crippen molar-refractivity contribution in [3.8, 4) is 11.8 Å². The molecule has 0 radical (unpaired) electrons. The number of aliphatic hydroxyl groups is 1. The predicted octanol–water partition coefficient (Wildman–Crippen LogP) is 1.24. The average molecular weight is 286 g/mol. The quantitative estimate of drug-likeness (QED) is 0.822. The van der Waals surface area contributed by atoms with Crippen LogP contribution in [0.25, 0.3) is 0 Å². The van der Waals surface area contributed by atoms with Crippen molar-refractivity contribution in [1.82, 2.24) is 10.2 Å². The van der Waals surface area contributed by atoms with Crippen molar-refractivity contribution in [3.63, 3.8) is 0 Å². The standard InChI is InChI=1S/C17H22N2O2/c1-19-10-8-16(9-11-19)18-17(21)15-7-4-6-14(13-15)5-2-3-12-20/h4,6-7,13,16,20H,3,8-12H2,1H3,(H,18,21). The Morgan fingerprint density at radius 1 is 1.43 bits per heavy atom. The summed E-state index contributed by atoms with van der Waals surface area (Å²) in [6, 6.07) is 7.58. The molecule has 1 saturated heterocycles. The van der Waals surface area contributed by atoms with Gasteiger partial charge >= 0.3 is 0 Å². The van der Waals surface area contributed by atoms with Crippen LogP contribution in [0.2, 0.25) is 0 Å². The first-order valence-electron chi connectivity index (χ1n) is 7.38. The van der Waals surface area contributed by atoms with Crippen LogP contribution in [-0.2, 0) is 0 Å². The van der Waals surface area contributed by atoms with E-state index < -0.39 is 0 Å². The van der Waals surface area contributed by atoms with Crippen molar-refractivity contribution in [2.75, 3.05) is 26.7 Å². The Labute approximate surface area is 126 Å². The van der Waals surface area contributed by atoms with E-state index in [-0.39, 0.29) is 18.6 Å². The van der Waals surface area contributed by atoms with Gasteiger partial charge in [-0.1, -0.05) is 17.9 Å². The second kappa shape index (κ2) is 7.82. The van der Waals surface area contributed by atoms with E-state index in [1.807, 2.05) is 18.2 Å². The van der Waals surface area contributed by atoms with Crippen molar-refractivity contribution in [1.29, 1.82) is 0 Å². The number of piperidine rings is 1. The highest BCUT2D eigenvalue weighted by molar-refractivity contribution is 5.94. The zero-order valence-electron chi connectivity index (χ0n) is 12.4. The number of rotatable bonds is 3. The van der Waals surface area contributed by atoms with E-state index in [4.69, 9.17) is 5.11 Å². The van der Waals surface area contributed by atoms with E-state index in [1.165, 1.54) is 0 Å². The molecule has 2 N–H and O–H groups in total. The molecule has 1 aromatic rings. The molecule has 0 unspecified atom stereocenters. The molecule has 0 aromatic heterocycles. The van der Waals surface area contributed by atoms with E-state index in [1.54, 1.807) is 6.07 Å². The van der Waals surface area contributed by atoms with Gasteiger partial charge in [-0.25, -0.2) is 0 Å². The first kappa shape index (κ1) is 15.6. The van der Waals surface area contributed by atoms with Crippen LogP contribution < -0.4 is 5.32 Å². The third-order valence-electron chi connectivity index (χ3n) is 3.65. The van der Waals surface area contributed by atoms with Crippen molar-refractivity contribution in [2.24, 2.45) is 0 Å². The number of nitrogens with one attached hydrogen (secondary N) is 1. The molecule has 0 spiro atoms. The molecule has 1 amide bonds. The van der Waals surface area contributed by atoms with Crippen LogP contribution in [-0.4, -0.2) is 48.7 Å². The maximum atomic E-state index is 12.3. The van der Waals surface area contributed by atoms with Crippen LogP contribution in [0.5, 0.6) is 0 Å². The van der Waals surface area contributed by atoms with Gasteiger partial charge in [0, 0.05) is 23.6 Å². The fourth-order valence-corrected chi connectivity index (χ4v) is 2.38. The summed E-state index contributed by atoms with van der Waals surface area (Å²) in [6.45, 7) is 2.11. The minimum absolute atomic E-state index is 0.0321. The number of aliphatic hydroxyl groups excluding tert-OH is 1. The maximum Gasteiger partial charge on any atom is 0.251 e. The molecule has 1 aliphatic rings. The molecular weight excluding hydrogens is 264 g/mol. The van der Waals surface area contributed by atoms with Crippen molar-refractivity contribution < 1.29 is 9.90 Å². The highest BCUT2D eigenvalue weighted by atomic mass is 16.2. The molecule has 21 heavy (non-hydrogen) atoms. The molecule has 1 aliphatic heterocycles. The van der Waals surface area contributed by atoms with E-state index in [0.717, 1.165) is 31.5 Å². The minimum Gasteiger partial charge on any atom is -0.395 e. The van der Waals surface area contributed by atoms with E-state index >= 15 is 0 Å². The lowest BCUT2D eigenvalue weighted by atomic mass is 10.0. The summed E-state index contributed by atoms with van der Waals surface area (Å²) in [4.78, 5) is 14.5. The summed E-state index contributed by atoms with van der Waals surface area (Å²) < 4.78 is 0. The van der Waals surface area contributed by atoms with Crippen LogP contribution >= 0.6 is 0 Å². The van der Waals surface area contributed by atoms with Crippen molar-refractivity contribution in [2.45, 2.75) is 25.3 Å². The lowest BCUT2D eigenvalue weighted by Crippen LogP contribution is -2.43. The van der Waals surface area contributed by atoms with E-state index in [2.05, 4.69) is 29.1 Å². The van der Waals surface area contributed by atoms with E-state index in [9.17, 15) is 4.79 Å². The van der Waals surface area contributed by atoms with Gasteiger partial charge in [0.15, 0.2) is 0 Å². The Morgan fingerprint density at radius 3 is 2.90 bits per heavy atom.